The van der Waals surface area contributed by atoms with Crippen molar-refractivity contribution in [1.82, 2.24) is 0 Å². The van der Waals surface area contributed by atoms with Gasteiger partial charge in [-0.1, -0.05) is 24.3 Å². The molecule has 0 saturated carbocycles. The Bertz CT molecular complexity index is 676. The zero-order valence-corrected chi connectivity index (χ0v) is 11.9. The molecule has 2 aromatic rings. The second kappa shape index (κ2) is 8.14. The van der Waals surface area contributed by atoms with Crippen molar-refractivity contribution < 1.29 is 9.47 Å². The van der Waals surface area contributed by atoms with Crippen LogP contribution < -0.4 is 9.47 Å². The lowest BCUT2D eigenvalue weighted by atomic mass is 10.2. The molecule has 0 bridgehead atoms. The van der Waals surface area contributed by atoms with Gasteiger partial charge in [-0.05, 0) is 36.4 Å². The maximum Gasteiger partial charge on any atom is 0.137 e. The van der Waals surface area contributed by atoms with Gasteiger partial charge < -0.3 is 9.47 Å². The normalized spacial score (nSPS) is 9.91. The minimum atomic E-state index is 0.349. The first-order valence-electron chi connectivity index (χ1n) is 6.74. The number of nitriles is 2. The second-order valence-electron chi connectivity index (χ2n) is 4.31. The molecule has 0 aliphatic heterocycles. The summed E-state index contributed by atoms with van der Waals surface area (Å²) in [6.07, 6.45) is 3.62. The molecule has 2 aromatic carbocycles. The highest BCUT2D eigenvalue weighted by Crippen LogP contribution is 2.17. The number of para-hydroxylation sites is 2. The summed E-state index contributed by atoms with van der Waals surface area (Å²) in [6.45, 7) is 0.698. The third kappa shape index (κ3) is 4.13. The predicted octanol–water partition coefficient (Wildman–Crippen LogP) is 3.44. The Morgan fingerprint density at radius 3 is 1.55 bits per heavy atom. The number of rotatable bonds is 6. The summed E-state index contributed by atoms with van der Waals surface area (Å²) in [4.78, 5) is 0. The Morgan fingerprint density at radius 2 is 1.14 bits per heavy atom. The van der Waals surface area contributed by atoms with Gasteiger partial charge in [0.15, 0.2) is 0 Å². The van der Waals surface area contributed by atoms with Crippen LogP contribution in [0.4, 0.5) is 0 Å². The molecule has 0 aliphatic rings. The second-order valence-corrected chi connectivity index (χ2v) is 4.31. The van der Waals surface area contributed by atoms with Crippen LogP contribution in [0.3, 0.4) is 0 Å². The Kier molecular flexibility index (Phi) is 5.61. The summed E-state index contributed by atoms with van der Waals surface area (Å²) in [6, 6.07) is 18.3. The highest BCUT2D eigenvalue weighted by atomic mass is 16.5. The minimum Gasteiger partial charge on any atom is -0.488 e. The van der Waals surface area contributed by atoms with Crippen LogP contribution in [0, 0.1) is 22.7 Å². The molecule has 4 nitrogen and oxygen atoms in total. The van der Waals surface area contributed by atoms with Crippen LogP contribution in [0.25, 0.3) is 0 Å². The topological polar surface area (TPSA) is 66.0 Å². The molecule has 0 fully saturated rings. The van der Waals surface area contributed by atoms with Gasteiger partial charge in [0, 0.05) is 0 Å². The van der Waals surface area contributed by atoms with Gasteiger partial charge in [0.25, 0.3) is 0 Å². The monoisotopic (exact) mass is 290 g/mol. The van der Waals surface area contributed by atoms with E-state index in [0.29, 0.717) is 35.8 Å². The van der Waals surface area contributed by atoms with E-state index in [-0.39, 0.29) is 0 Å². The van der Waals surface area contributed by atoms with Gasteiger partial charge in [-0.15, -0.1) is 0 Å². The standard InChI is InChI=1S/C18H14N2O2/c19-13-15-7-1-3-9-17(15)21-11-5-6-12-22-18-10-4-2-8-16(18)14-20/h1-10H,11-12H2/b6-5+. The lowest BCUT2D eigenvalue weighted by Crippen LogP contribution is -1.98. The Morgan fingerprint density at radius 1 is 0.727 bits per heavy atom. The number of ether oxygens (including phenoxy) is 2. The van der Waals surface area contributed by atoms with Crippen LogP contribution in [0.15, 0.2) is 60.7 Å². The lowest BCUT2D eigenvalue weighted by Gasteiger charge is -2.05. The summed E-state index contributed by atoms with van der Waals surface area (Å²) < 4.78 is 11.0. The molecule has 0 radical (unpaired) electrons. The third-order valence-corrected chi connectivity index (χ3v) is 2.85. The van der Waals surface area contributed by atoms with Crippen molar-refractivity contribution in [3.8, 4) is 23.6 Å². The average Bonchev–Trinajstić information content (AvgIpc) is 2.58. The van der Waals surface area contributed by atoms with Gasteiger partial charge in [-0.3, -0.25) is 0 Å². The summed E-state index contributed by atoms with van der Waals surface area (Å²) in [5.41, 5.74) is 1.02. The smallest absolute Gasteiger partial charge is 0.137 e. The van der Waals surface area contributed by atoms with Crippen molar-refractivity contribution in [1.29, 1.82) is 10.5 Å². The van der Waals surface area contributed by atoms with Crippen molar-refractivity contribution >= 4 is 0 Å². The van der Waals surface area contributed by atoms with Crippen molar-refractivity contribution in [2.75, 3.05) is 13.2 Å². The first kappa shape index (κ1) is 15.2. The van der Waals surface area contributed by atoms with Gasteiger partial charge >= 0.3 is 0 Å². The maximum atomic E-state index is 8.94. The Labute approximate surface area is 129 Å². The van der Waals surface area contributed by atoms with Crippen molar-refractivity contribution in [2.24, 2.45) is 0 Å². The molecule has 0 spiro atoms. The number of benzene rings is 2. The fraction of sp³-hybridized carbons (Fsp3) is 0.111. The van der Waals surface area contributed by atoms with Crippen LogP contribution in [0.1, 0.15) is 11.1 Å². The molecule has 0 N–H and O–H groups in total. The minimum absolute atomic E-state index is 0.349. The fourth-order valence-corrected chi connectivity index (χ4v) is 1.78. The zero-order valence-electron chi connectivity index (χ0n) is 11.9. The molecule has 0 aromatic heterocycles. The van der Waals surface area contributed by atoms with Crippen LogP contribution in [-0.2, 0) is 0 Å². The van der Waals surface area contributed by atoms with Crippen LogP contribution in [0.5, 0.6) is 11.5 Å². The molecule has 0 aliphatic carbocycles. The third-order valence-electron chi connectivity index (χ3n) is 2.85. The average molecular weight is 290 g/mol. The molecule has 22 heavy (non-hydrogen) atoms. The molecule has 0 unspecified atom stereocenters. The van der Waals surface area contributed by atoms with Crippen molar-refractivity contribution in [2.45, 2.75) is 0 Å². The van der Waals surface area contributed by atoms with Crippen molar-refractivity contribution in [3.05, 3.63) is 71.8 Å². The van der Waals surface area contributed by atoms with E-state index in [9.17, 15) is 0 Å². The Hall–Kier alpha value is -3.24. The van der Waals surface area contributed by atoms with E-state index in [1.165, 1.54) is 0 Å². The Balaban J connectivity index is 1.80. The summed E-state index contributed by atoms with van der Waals surface area (Å²) in [7, 11) is 0. The van der Waals surface area contributed by atoms with E-state index in [1.807, 2.05) is 24.3 Å². The van der Waals surface area contributed by atoms with E-state index >= 15 is 0 Å². The molecule has 0 amide bonds. The van der Waals surface area contributed by atoms with E-state index < -0.39 is 0 Å². The first-order chi connectivity index (χ1) is 10.8. The molecule has 108 valence electrons. The molecular formula is C18H14N2O2. The predicted molar refractivity (Wildman–Crippen MR) is 82.4 cm³/mol. The molecule has 0 heterocycles. The van der Waals surface area contributed by atoms with Gasteiger partial charge in [-0.2, -0.15) is 10.5 Å². The summed E-state index contributed by atoms with van der Waals surface area (Å²) in [5, 5.41) is 17.9. The molecule has 2 rings (SSSR count). The van der Waals surface area contributed by atoms with Gasteiger partial charge in [0.2, 0.25) is 0 Å². The number of nitrogens with zero attached hydrogens (tertiary/aromatic N) is 2. The largest absolute Gasteiger partial charge is 0.488 e. The van der Waals surface area contributed by atoms with E-state index in [2.05, 4.69) is 12.1 Å². The molecular weight excluding hydrogens is 276 g/mol. The summed E-state index contributed by atoms with van der Waals surface area (Å²) >= 11 is 0. The van der Waals surface area contributed by atoms with Crippen LogP contribution in [0.2, 0.25) is 0 Å². The summed E-state index contributed by atoms with van der Waals surface area (Å²) in [5.74, 6) is 1.12. The van der Waals surface area contributed by atoms with Crippen LogP contribution in [-0.4, -0.2) is 13.2 Å². The van der Waals surface area contributed by atoms with Gasteiger partial charge in [0.1, 0.15) is 36.9 Å². The molecule has 0 saturated heterocycles. The van der Waals surface area contributed by atoms with Gasteiger partial charge in [-0.25, -0.2) is 0 Å². The number of hydrogen-bond donors (Lipinski definition) is 0. The van der Waals surface area contributed by atoms with Crippen LogP contribution >= 0.6 is 0 Å². The highest BCUT2D eigenvalue weighted by molar-refractivity contribution is 5.43. The molecule has 4 heteroatoms. The van der Waals surface area contributed by atoms with Gasteiger partial charge in [0.05, 0.1) is 11.1 Å². The van der Waals surface area contributed by atoms with Crippen molar-refractivity contribution in [3.63, 3.8) is 0 Å². The van der Waals surface area contributed by atoms with E-state index in [4.69, 9.17) is 20.0 Å². The lowest BCUT2D eigenvalue weighted by molar-refractivity contribution is 0.349. The zero-order chi connectivity index (χ0) is 15.6. The highest BCUT2D eigenvalue weighted by Gasteiger charge is 2.00. The fourth-order valence-electron chi connectivity index (χ4n) is 1.78. The first-order valence-corrected chi connectivity index (χ1v) is 6.74. The quantitative estimate of drug-likeness (QED) is 0.764. The number of hydrogen-bond acceptors (Lipinski definition) is 4. The maximum absolute atomic E-state index is 8.94. The van der Waals surface area contributed by atoms with E-state index in [1.54, 1.807) is 36.4 Å². The molecule has 0 atom stereocenters. The van der Waals surface area contributed by atoms with E-state index in [0.717, 1.165) is 0 Å². The SMILES string of the molecule is N#Cc1ccccc1OC/C=C/COc1ccccc1C#N.